The summed E-state index contributed by atoms with van der Waals surface area (Å²) < 4.78 is 9.58. The molecule has 2 amide bonds. The van der Waals surface area contributed by atoms with E-state index >= 15 is 0 Å². The molecule has 1 aliphatic rings. The third kappa shape index (κ3) is 4.96. The van der Waals surface area contributed by atoms with Crippen molar-refractivity contribution in [2.45, 2.75) is 25.9 Å². The van der Waals surface area contributed by atoms with Crippen molar-refractivity contribution in [1.82, 2.24) is 10.2 Å². The smallest absolute Gasteiger partial charge is 0.413 e. The quantitative estimate of drug-likeness (QED) is 0.820. The minimum Gasteiger partial charge on any atom is -0.445 e. The zero-order valence-corrected chi connectivity index (χ0v) is 11.5. The molecule has 1 aliphatic heterocycles. The maximum Gasteiger partial charge on any atom is 0.413 e. The summed E-state index contributed by atoms with van der Waals surface area (Å²) in [6.07, 6.45) is -1.40. The molecule has 0 bridgehead atoms. The second-order valence-electron chi connectivity index (χ2n) is 4.64. The van der Waals surface area contributed by atoms with Crippen molar-refractivity contribution < 1.29 is 24.2 Å². The first-order valence-electron chi connectivity index (χ1n) is 6.76. The number of aliphatic hydroxyl groups is 1. The van der Waals surface area contributed by atoms with E-state index in [0.717, 1.165) is 18.4 Å². The highest BCUT2D eigenvalue weighted by molar-refractivity contribution is 5.70. The SMILES string of the molecule is O=C(N[C@@H](O)OC(=O)N1CCCC1)OCc1ccccc1. The molecule has 0 unspecified atom stereocenters. The molecule has 1 aromatic carbocycles. The fourth-order valence-electron chi connectivity index (χ4n) is 1.96. The van der Waals surface area contributed by atoms with Crippen LogP contribution in [0.3, 0.4) is 0 Å². The molecule has 0 radical (unpaired) electrons. The van der Waals surface area contributed by atoms with Gasteiger partial charge in [-0.1, -0.05) is 30.3 Å². The van der Waals surface area contributed by atoms with Crippen LogP contribution in [0.5, 0.6) is 0 Å². The first-order valence-corrected chi connectivity index (χ1v) is 6.76. The van der Waals surface area contributed by atoms with Crippen LogP contribution in [0.1, 0.15) is 18.4 Å². The highest BCUT2D eigenvalue weighted by atomic mass is 16.7. The zero-order chi connectivity index (χ0) is 15.1. The van der Waals surface area contributed by atoms with Crippen LogP contribution in [0.2, 0.25) is 0 Å². The van der Waals surface area contributed by atoms with Crippen molar-refractivity contribution in [3.8, 4) is 0 Å². The van der Waals surface area contributed by atoms with Crippen LogP contribution in [0.25, 0.3) is 0 Å². The number of aliphatic hydroxyl groups excluding tert-OH is 1. The fourth-order valence-corrected chi connectivity index (χ4v) is 1.96. The number of alkyl carbamates (subject to hydrolysis) is 1. The second kappa shape index (κ2) is 7.49. The second-order valence-corrected chi connectivity index (χ2v) is 4.64. The Morgan fingerprint density at radius 3 is 2.57 bits per heavy atom. The normalized spacial score (nSPS) is 15.4. The molecule has 1 atom stereocenters. The van der Waals surface area contributed by atoms with Crippen LogP contribution >= 0.6 is 0 Å². The molecule has 0 aliphatic carbocycles. The average Bonchev–Trinajstić information content (AvgIpc) is 3.00. The van der Waals surface area contributed by atoms with Gasteiger partial charge in [0.1, 0.15) is 6.61 Å². The largest absolute Gasteiger partial charge is 0.445 e. The van der Waals surface area contributed by atoms with E-state index in [1.807, 2.05) is 23.5 Å². The maximum absolute atomic E-state index is 11.6. The van der Waals surface area contributed by atoms with Gasteiger partial charge in [0.05, 0.1) is 0 Å². The average molecular weight is 294 g/mol. The summed E-state index contributed by atoms with van der Waals surface area (Å²) >= 11 is 0. The van der Waals surface area contributed by atoms with Gasteiger partial charge in [0, 0.05) is 13.1 Å². The number of benzene rings is 1. The molecule has 7 nitrogen and oxygen atoms in total. The van der Waals surface area contributed by atoms with Crippen LogP contribution < -0.4 is 5.32 Å². The number of nitrogens with one attached hydrogen (secondary N) is 1. The lowest BCUT2D eigenvalue weighted by molar-refractivity contribution is -0.0803. The number of amides is 2. The Labute approximate surface area is 122 Å². The number of carbonyl (C=O) groups is 2. The van der Waals surface area contributed by atoms with Gasteiger partial charge in [-0.2, -0.15) is 0 Å². The van der Waals surface area contributed by atoms with Gasteiger partial charge in [-0.25, -0.2) is 9.59 Å². The van der Waals surface area contributed by atoms with Crippen molar-refractivity contribution in [3.05, 3.63) is 35.9 Å². The van der Waals surface area contributed by atoms with Gasteiger partial charge in [0.15, 0.2) is 0 Å². The molecule has 1 aromatic rings. The summed E-state index contributed by atoms with van der Waals surface area (Å²) in [6, 6.07) is 9.10. The third-order valence-electron chi connectivity index (χ3n) is 3.03. The number of hydrogen-bond donors (Lipinski definition) is 2. The van der Waals surface area contributed by atoms with Gasteiger partial charge in [-0.05, 0) is 18.4 Å². The lowest BCUT2D eigenvalue weighted by Gasteiger charge is -2.18. The van der Waals surface area contributed by atoms with Gasteiger partial charge in [-0.15, -0.1) is 0 Å². The standard InChI is InChI=1S/C14H18N2O5/c17-12(20-10-11-6-2-1-3-7-11)15-13(18)21-14(19)16-8-4-5-9-16/h1-3,6-7,13,18H,4-5,8-10H2,(H,15,17)/t13-/m0/s1. The Balaban J connectivity index is 1.68. The molecule has 1 heterocycles. The van der Waals surface area contributed by atoms with Gasteiger partial charge >= 0.3 is 12.2 Å². The van der Waals surface area contributed by atoms with Crippen molar-refractivity contribution in [3.63, 3.8) is 0 Å². The number of hydrogen-bond acceptors (Lipinski definition) is 5. The Morgan fingerprint density at radius 1 is 1.24 bits per heavy atom. The molecule has 1 fully saturated rings. The third-order valence-corrected chi connectivity index (χ3v) is 3.03. The summed E-state index contributed by atoms with van der Waals surface area (Å²) in [5, 5.41) is 11.5. The Morgan fingerprint density at radius 2 is 1.90 bits per heavy atom. The van der Waals surface area contributed by atoms with Crippen molar-refractivity contribution in [2.75, 3.05) is 13.1 Å². The monoisotopic (exact) mass is 294 g/mol. The van der Waals surface area contributed by atoms with Crippen LogP contribution in [-0.4, -0.2) is 41.7 Å². The lowest BCUT2D eigenvalue weighted by atomic mass is 10.2. The van der Waals surface area contributed by atoms with Gasteiger partial charge in [0.2, 0.25) is 0 Å². The summed E-state index contributed by atoms with van der Waals surface area (Å²) in [7, 11) is 0. The van der Waals surface area contributed by atoms with Crippen LogP contribution in [-0.2, 0) is 16.1 Å². The van der Waals surface area contributed by atoms with Gasteiger partial charge in [-0.3, -0.25) is 5.32 Å². The Bertz CT molecular complexity index is 474. The predicted octanol–water partition coefficient (Wildman–Crippen LogP) is 1.42. The van der Waals surface area contributed by atoms with E-state index in [9.17, 15) is 14.7 Å². The van der Waals surface area contributed by atoms with Crippen LogP contribution in [0, 0.1) is 0 Å². The molecule has 1 saturated heterocycles. The van der Waals surface area contributed by atoms with Crippen molar-refractivity contribution in [2.24, 2.45) is 0 Å². The number of nitrogens with zero attached hydrogens (tertiary/aromatic N) is 1. The number of likely N-dealkylation sites (tertiary alicyclic amines) is 1. The highest BCUT2D eigenvalue weighted by Gasteiger charge is 2.22. The van der Waals surface area contributed by atoms with Crippen molar-refractivity contribution in [1.29, 1.82) is 0 Å². The van der Waals surface area contributed by atoms with E-state index in [0.29, 0.717) is 13.1 Å². The van der Waals surface area contributed by atoms with E-state index in [4.69, 9.17) is 4.74 Å². The minimum atomic E-state index is -1.72. The molecule has 2 rings (SSSR count). The minimum absolute atomic E-state index is 0.0689. The lowest BCUT2D eigenvalue weighted by Crippen LogP contribution is -2.41. The van der Waals surface area contributed by atoms with E-state index in [1.165, 1.54) is 4.90 Å². The molecule has 114 valence electrons. The van der Waals surface area contributed by atoms with Gasteiger partial charge in [0.25, 0.3) is 6.41 Å². The zero-order valence-electron chi connectivity index (χ0n) is 11.5. The van der Waals surface area contributed by atoms with E-state index in [-0.39, 0.29) is 6.61 Å². The summed E-state index contributed by atoms with van der Waals surface area (Å²) in [6.45, 7) is 1.27. The van der Waals surface area contributed by atoms with E-state index in [2.05, 4.69) is 4.74 Å². The van der Waals surface area contributed by atoms with E-state index in [1.54, 1.807) is 12.1 Å². The Kier molecular flexibility index (Phi) is 5.39. The molecule has 0 spiro atoms. The first kappa shape index (κ1) is 15.1. The molecule has 0 aromatic heterocycles. The molecule has 0 saturated carbocycles. The maximum atomic E-state index is 11.6. The highest BCUT2D eigenvalue weighted by Crippen LogP contribution is 2.09. The summed E-state index contributed by atoms with van der Waals surface area (Å²) in [4.78, 5) is 24.5. The summed E-state index contributed by atoms with van der Waals surface area (Å²) in [5.41, 5.74) is 0.816. The molecule has 2 N–H and O–H groups in total. The van der Waals surface area contributed by atoms with Gasteiger partial charge < -0.3 is 19.5 Å². The topological polar surface area (TPSA) is 88.1 Å². The number of carbonyl (C=O) groups excluding carboxylic acids is 2. The Hall–Kier alpha value is -2.28. The summed E-state index contributed by atoms with van der Waals surface area (Å²) in [5.74, 6) is 0. The number of rotatable bonds is 4. The van der Waals surface area contributed by atoms with Crippen molar-refractivity contribution >= 4 is 12.2 Å². The molecule has 7 heteroatoms. The number of ether oxygens (including phenoxy) is 2. The van der Waals surface area contributed by atoms with Crippen LogP contribution in [0.15, 0.2) is 30.3 Å². The molecular weight excluding hydrogens is 276 g/mol. The van der Waals surface area contributed by atoms with Crippen LogP contribution in [0.4, 0.5) is 9.59 Å². The predicted molar refractivity (Wildman–Crippen MR) is 73.1 cm³/mol. The van der Waals surface area contributed by atoms with E-state index < -0.39 is 18.6 Å². The first-order chi connectivity index (χ1) is 10.1. The molecule has 21 heavy (non-hydrogen) atoms. The fraction of sp³-hybridized carbons (Fsp3) is 0.429. The molecular formula is C14H18N2O5.